The van der Waals surface area contributed by atoms with Crippen molar-refractivity contribution in [2.24, 2.45) is 5.41 Å². The number of hydrogen-bond acceptors (Lipinski definition) is 3. The molecule has 4 aromatic rings. The summed E-state index contributed by atoms with van der Waals surface area (Å²) in [7, 11) is 0. The third-order valence-corrected chi connectivity index (χ3v) is 6.24. The molecular formula is C25H27N5O. The second kappa shape index (κ2) is 7.38. The monoisotopic (exact) mass is 413 g/mol. The Morgan fingerprint density at radius 1 is 1.19 bits per heavy atom. The third kappa shape index (κ3) is 3.63. The summed E-state index contributed by atoms with van der Waals surface area (Å²) in [5.74, 6) is -0.00769. The van der Waals surface area contributed by atoms with Gasteiger partial charge in [0.1, 0.15) is 0 Å². The van der Waals surface area contributed by atoms with Gasteiger partial charge >= 0.3 is 0 Å². The lowest BCUT2D eigenvalue weighted by Crippen LogP contribution is -2.37. The van der Waals surface area contributed by atoms with Crippen LogP contribution in [-0.2, 0) is 17.6 Å². The van der Waals surface area contributed by atoms with Crippen molar-refractivity contribution in [3.63, 3.8) is 0 Å². The number of aromatic amines is 1. The Balaban J connectivity index is 1.43. The quantitative estimate of drug-likeness (QED) is 0.520. The standard InChI is InChI=1S/C25H27N5O/c1-16-8-4-7-11-22(16)30-23-14-25(2,3)13-21(18(23)15-26-30)27-24(31)12-20-17-9-5-6-10-19(17)28-29-20/h4-11,15,21H,12-14H2,1-3H3,(H,27,31)(H,28,29). The molecule has 5 rings (SSSR count). The number of fused-ring (bicyclic) bond motifs is 2. The van der Waals surface area contributed by atoms with Gasteiger partial charge in [0, 0.05) is 10.9 Å². The fourth-order valence-corrected chi connectivity index (χ4v) is 4.73. The number of carbonyl (C=O) groups excluding carboxylic acids is 1. The SMILES string of the molecule is Cc1ccccc1-n1ncc2c1CC(C)(C)CC2NC(=O)Cc1[nH]nc2ccccc12. The van der Waals surface area contributed by atoms with Crippen molar-refractivity contribution in [2.75, 3.05) is 0 Å². The largest absolute Gasteiger partial charge is 0.349 e. The maximum atomic E-state index is 13.0. The molecule has 0 fully saturated rings. The van der Waals surface area contributed by atoms with Gasteiger partial charge in [0.15, 0.2) is 0 Å². The highest BCUT2D eigenvalue weighted by atomic mass is 16.1. The molecule has 1 amide bonds. The van der Waals surface area contributed by atoms with E-state index < -0.39 is 0 Å². The Kier molecular flexibility index (Phi) is 4.65. The number of benzene rings is 2. The van der Waals surface area contributed by atoms with E-state index in [1.807, 2.05) is 47.3 Å². The Morgan fingerprint density at radius 3 is 2.81 bits per heavy atom. The minimum Gasteiger partial charge on any atom is -0.349 e. The number of aromatic nitrogens is 4. The van der Waals surface area contributed by atoms with E-state index in [-0.39, 0.29) is 23.8 Å². The number of nitrogens with one attached hydrogen (secondary N) is 2. The van der Waals surface area contributed by atoms with Crippen molar-refractivity contribution in [3.8, 4) is 5.69 Å². The first-order valence-corrected chi connectivity index (χ1v) is 10.8. The molecule has 0 saturated heterocycles. The average molecular weight is 414 g/mol. The van der Waals surface area contributed by atoms with Crippen LogP contribution >= 0.6 is 0 Å². The van der Waals surface area contributed by atoms with Gasteiger partial charge in [-0.25, -0.2) is 4.68 Å². The molecule has 2 aromatic heterocycles. The fraction of sp³-hybridized carbons (Fsp3) is 0.320. The molecule has 158 valence electrons. The van der Waals surface area contributed by atoms with Crippen LogP contribution in [0.5, 0.6) is 0 Å². The van der Waals surface area contributed by atoms with Gasteiger partial charge in [0.25, 0.3) is 0 Å². The van der Waals surface area contributed by atoms with E-state index in [4.69, 9.17) is 5.10 Å². The van der Waals surface area contributed by atoms with Gasteiger partial charge in [-0.3, -0.25) is 9.89 Å². The Morgan fingerprint density at radius 2 is 1.97 bits per heavy atom. The number of H-pyrrole nitrogens is 1. The zero-order valence-corrected chi connectivity index (χ0v) is 18.1. The molecule has 1 aliphatic carbocycles. The molecule has 31 heavy (non-hydrogen) atoms. The van der Waals surface area contributed by atoms with E-state index in [1.54, 1.807) is 0 Å². The highest BCUT2D eigenvalue weighted by Gasteiger charge is 2.36. The van der Waals surface area contributed by atoms with Gasteiger partial charge in [-0.15, -0.1) is 0 Å². The van der Waals surface area contributed by atoms with Crippen LogP contribution in [0.3, 0.4) is 0 Å². The molecular weight excluding hydrogens is 386 g/mol. The number of nitrogens with zero attached hydrogens (tertiary/aromatic N) is 3. The highest BCUT2D eigenvalue weighted by Crippen LogP contribution is 2.41. The van der Waals surface area contributed by atoms with Gasteiger partial charge in [0.2, 0.25) is 5.91 Å². The van der Waals surface area contributed by atoms with Crippen LogP contribution in [0.2, 0.25) is 0 Å². The molecule has 6 heteroatoms. The maximum Gasteiger partial charge on any atom is 0.226 e. The molecule has 0 saturated carbocycles. The molecule has 2 heterocycles. The molecule has 1 unspecified atom stereocenters. The zero-order valence-electron chi connectivity index (χ0n) is 18.1. The van der Waals surface area contributed by atoms with E-state index in [1.165, 1.54) is 11.3 Å². The maximum absolute atomic E-state index is 13.0. The summed E-state index contributed by atoms with van der Waals surface area (Å²) in [6.07, 6.45) is 4.01. The second-order valence-electron chi connectivity index (χ2n) is 9.31. The number of carbonyl (C=O) groups is 1. The van der Waals surface area contributed by atoms with Crippen LogP contribution in [0.25, 0.3) is 16.6 Å². The lowest BCUT2D eigenvalue weighted by molar-refractivity contribution is -0.121. The Labute approximate surface area is 181 Å². The van der Waals surface area contributed by atoms with Gasteiger partial charge in [-0.2, -0.15) is 10.2 Å². The first-order chi connectivity index (χ1) is 14.9. The second-order valence-corrected chi connectivity index (χ2v) is 9.31. The molecule has 2 aromatic carbocycles. The third-order valence-electron chi connectivity index (χ3n) is 6.24. The van der Waals surface area contributed by atoms with Crippen molar-refractivity contribution in [2.45, 2.75) is 46.1 Å². The van der Waals surface area contributed by atoms with Crippen LogP contribution in [0, 0.1) is 12.3 Å². The van der Waals surface area contributed by atoms with Crippen molar-refractivity contribution < 1.29 is 4.79 Å². The van der Waals surface area contributed by atoms with Crippen LogP contribution in [-0.4, -0.2) is 25.9 Å². The van der Waals surface area contributed by atoms with E-state index in [0.717, 1.165) is 40.7 Å². The molecule has 0 spiro atoms. The first-order valence-electron chi connectivity index (χ1n) is 10.8. The summed E-state index contributed by atoms with van der Waals surface area (Å²) < 4.78 is 2.05. The van der Waals surface area contributed by atoms with Crippen molar-refractivity contribution in [1.82, 2.24) is 25.3 Å². The Bertz CT molecular complexity index is 1270. The molecule has 1 aliphatic rings. The van der Waals surface area contributed by atoms with E-state index >= 15 is 0 Å². The van der Waals surface area contributed by atoms with Crippen molar-refractivity contribution in [3.05, 3.63) is 77.2 Å². The molecule has 0 bridgehead atoms. The highest BCUT2D eigenvalue weighted by molar-refractivity contribution is 5.87. The van der Waals surface area contributed by atoms with Gasteiger partial charge < -0.3 is 5.32 Å². The number of amides is 1. The molecule has 2 N–H and O–H groups in total. The summed E-state index contributed by atoms with van der Waals surface area (Å²) in [6.45, 7) is 6.62. The topological polar surface area (TPSA) is 75.6 Å². The number of hydrogen-bond donors (Lipinski definition) is 2. The summed E-state index contributed by atoms with van der Waals surface area (Å²) in [4.78, 5) is 13.0. The summed E-state index contributed by atoms with van der Waals surface area (Å²) >= 11 is 0. The zero-order chi connectivity index (χ0) is 21.6. The minimum atomic E-state index is -0.0572. The minimum absolute atomic E-state index is 0.00769. The molecule has 6 nitrogen and oxygen atoms in total. The molecule has 0 radical (unpaired) electrons. The summed E-state index contributed by atoms with van der Waals surface area (Å²) in [5, 5.41) is 16.3. The van der Waals surface area contributed by atoms with E-state index in [2.05, 4.69) is 48.4 Å². The number of rotatable bonds is 4. The van der Waals surface area contributed by atoms with Crippen LogP contribution < -0.4 is 5.32 Å². The van der Waals surface area contributed by atoms with Crippen LogP contribution in [0.15, 0.2) is 54.7 Å². The smallest absolute Gasteiger partial charge is 0.226 e. The van der Waals surface area contributed by atoms with E-state index in [0.29, 0.717) is 0 Å². The lowest BCUT2D eigenvalue weighted by atomic mass is 9.74. The summed E-state index contributed by atoms with van der Waals surface area (Å²) in [5.41, 5.74) is 6.36. The number of para-hydroxylation sites is 2. The molecule has 0 aliphatic heterocycles. The summed E-state index contributed by atoms with van der Waals surface area (Å²) in [6, 6.07) is 16.1. The van der Waals surface area contributed by atoms with Crippen molar-refractivity contribution in [1.29, 1.82) is 0 Å². The van der Waals surface area contributed by atoms with Gasteiger partial charge in [-0.1, -0.05) is 50.2 Å². The predicted octanol–water partition coefficient (Wildman–Crippen LogP) is 4.43. The van der Waals surface area contributed by atoms with E-state index in [9.17, 15) is 4.79 Å². The van der Waals surface area contributed by atoms with Gasteiger partial charge in [-0.05, 0) is 42.9 Å². The normalized spacial score (nSPS) is 17.5. The Hall–Kier alpha value is -3.41. The average Bonchev–Trinajstić information content (AvgIpc) is 3.32. The van der Waals surface area contributed by atoms with Crippen molar-refractivity contribution >= 4 is 16.8 Å². The fourth-order valence-electron chi connectivity index (χ4n) is 4.73. The van der Waals surface area contributed by atoms with Crippen LogP contribution in [0.1, 0.15) is 48.8 Å². The van der Waals surface area contributed by atoms with Gasteiger partial charge in [0.05, 0.1) is 41.3 Å². The first kappa shape index (κ1) is 19.5. The number of aryl methyl sites for hydroxylation is 1. The van der Waals surface area contributed by atoms with Crippen LogP contribution in [0.4, 0.5) is 0 Å². The molecule has 1 atom stereocenters. The lowest BCUT2D eigenvalue weighted by Gasteiger charge is -2.36. The predicted molar refractivity (Wildman–Crippen MR) is 121 cm³/mol.